The van der Waals surface area contributed by atoms with Gasteiger partial charge in [-0.3, -0.25) is 0 Å². The average molecular weight is 266 g/mol. The average Bonchev–Trinajstić information content (AvgIpc) is 2.25. The molecule has 2 nitrogen and oxygen atoms in total. The number of aliphatic hydroxyl groups is 2. The third-order valence-electron chi connectivity index (χ3n) is 6.79. The molecule has 4 rings (SSSR count). The summed E-state index contributed by atoms with van der Waals surface area (Å²) in [6, 6.07) is 0. The van der Waals surface area contributed by atoms with E-state index in [1.165, 1.54) is 6.42 Å². The van der Waals surface area contributed by atoms with Crippen molar-refractivity contribution in [1.82, 2.24) is 0 Å². The fourth-order valence-corrected chi connectivity index (χ4v) is 6.04. The van der Waals surface area contributed by atoms with Crippen LogP contribution in [0.15, 0.2) is 0 Å². The minimum atomic E-state index is -0.616. The number of hydrogen-bond acceptors (Lipinski definition) is 2. The van der Waals surface area contributed by atoms with E-state index in [-0.39, 0.29) is 5.41 Å². The van der Waals surface area contributed by atoms with Crippen molar-refractivity contribution in [1.29, 1.82) is 0 Å². The van der Waals surface area contributed by atoms with Crippen molar-refractivity contribution in [2.75, 3.05) is 0 Å². The predicted molar refractivity (Wildman–Crippen MR) is 76.8 cm³/mol. The minimum Gasteiger partial charge on any atom is -0.390 e. The Morgan fingerprint density at radius 3 is 2.26 bits per heavy atom. The first kappa shape index (κ1) is 13.9. The van der Waals surface area contributed by atoms with Crippen LogP contribution in [0.4, 0.5) is 0 Å². The van der Waals surface area contributed by atoms with Gasteiger partial charge in [-0.25, -0.2) is 0 Å². The first-order chi connectivity index (χ1) is 8.80. The lowest BCUT2D eigenvalue weighted by atomic mass is 9.43. The summed E-state index contributed by atoms with van der Waals surface area (Å²) in [6.45, 7) is 6.45. The molecule has 0 aromatic heterocycles. The molecule has 4 atom stereocenters. The molecule has 0 saturated heterocycles. The molecule has 0 spiro atoms. The summed E-state index contributed by atoms with van der Waals surface area (Å²) in [7, 11) is 0. The molecular formula is C17H30O2. The van der Waals surface area contributed by atoms with Gasteiger partial charge >= 0.3 is 0 Å². The Morgan fingerprint density at radius 2 is 1.79 bits per heavy atom. The molecule has 4 aliphatic rings. The van der Waals surface area contributed by atoms with Crippen LogP contribution in [0.5, 0.6) is 0 Å². The molecule has 0 aromatic carbocycles. The van der Waals surface area contributed by atoms with Gasteiger partial charge in [0.1, 0.15) is 0 Å². The largest absolute Gasteiger partial charge is 0.390 e. The lowest BCUT2D eigenvalue weighted by molar-refractivity contribution is -0.238. The van der Waals surface area contributed by atoms with Gasteiger partial charge in [-0.05, 0) is 69.6 Å². The van der Waals surface area contributed by atoms with Crippen LogP contribution in [-0.2, 0) is 0 Å². The summed E-state index contributed by atoms with van der Waals surface area (Å²) in [5.74, 6) is 1.65. The van der Waals surface area contributed by atoms with Gasteiger partial charge in [0.25, 0.3) is 0 Å². The van der Waals surface area contributed by atoms with Crippen LogP contribution in [0.1, 0.15) is 72.1 Å². The van der Waals surface area contributed by atoms with Crippen LogP contribution < -0.4 is 0 Å². The highest BCUT2D eigenvalue weighted by Gasteiger charge is 2.63. The van der Waals surface area contributed by atoms with Crippen LogP contribution in [0.25, 0.3) is 0 Å². The molecule has 19 heavy (non-hydrogen) atoms. The Labute approximate surface area is 117 Å². The molecular weight excluding hydrogens is 236 g/mol. The lowest BCUT2D eigenvalue weighted by Gasteiger charge is -2.65. The van der Waals surface area contributed by atoms with E-state index in [1.807, 2.05) is 0 Å². The van der Waals surface area contributed by atoms with Crippen molar-refractivity contribution >= 4 is 0 Å². The van der Waals surface area contributed by atoms with E-state index in [9.17, 15) is 10.2 Å². The van der Waals surface area contributed by atoms with Gasteiger partial charge in [0.05, 0.1) is 11.2 Å². The summed E-state index contributed by atoms with van der Waals surface area (Å²) < 4.78 is 0. The highest BCUT2D eigenvalue weighted by molar-refractivity contribution is 5.14. The zero-order valence-electron chi connectivity index (χ0n) is 12.8. The van der Waals surface area contributed by atoms with Gasteiger partial charge < -0.3 is 10.2 Å². The van der Waals surface area contributed by atoms with Crippen molar-refractivity contribution in [3.8, 4) is 0 Å². The van der Waals surface area contributed by atoms with Crippen LogP contribution in [-0.4, -0.2) is 21.4 Å². The molecule has 4 fully saturated rings. The van der Waals surface area contributed by atoms with E-state index in [1.54, 1.807) is 0 Å². The van der Waals surface area contributed by atoms with Crippen LogP contribution >= 0.6 is 0 Å². The summed E-state index contributed by atoms with van der Waals surface area (Å²) in [5, 5.41) is 22.1. The second-order valence-electron chi connectivity index (χ2n) is 8.30. The quantitative estimate of drug-likeness (QED) is 0.817. The Kier molecular flexibility index (Phi) is 3.07. The monoisotopic (exact) mass is 266 g/mol. The third-order valence-corrected chi connectivity index (χ3v) is 6.79. The van der Waals surface area contributed by atoms with E-state index in [0.29, 0.717) is 17.8 Å². The highest BCUT2D eigenvalue weighted by Crippen LogP contribution is 2.66. The van der Waals surface area contributed by atoms with Crippen molar-refractivity contribution in [2.24, 2.45) is 23.2 Å². The molecule has 4 unspecified atom stereocenters. The molecule has 0 aliphatic heterocycles. The number of rotatable bonds is 4. The number of hydrogen-bond donors (Lipinski definition) is 2. The van der Waals surface area contributed by atoms with Gasteiger partial charge in [0, 0.05) is 5.41 Å². The maximum atomic E-state index is 11.3. The van der Waals surface area contributed by atoms with Crippen molar-refractivity contribution in [3.63, 3.8) is 0 Å². The van der Waals surface area contributed by atoms with Gasteiger partial charge in [0.15, 0.2) is 0 Å². The fraction of sp³-hybridized carbons (Fsp3) is 1.00. The van der Waals surface area contributed by atoms with Gasteiger partial charge in [0.2, 0.25) is 0 Å². The molecule has 2 N–H and O–H groups in total. The van der Waals surface area contributed by atoms with Crippen molar-refractivity contribution in [2.45, 2.75) is 83.3 Å². The molecule has 4 saturated carbocycles. The van der Waals surface area contributed by atoms with Crippen molar-refractivity contribution < 1.29 is 10.2 Å². The molecule has 2 heteroatoms. The van der Waals surface area contributed by atoms with Gasteiger partial charge in [-0.1, -0.05) is 20.3 Å². The first-order valence-electron chi connectivity index (χ1n) is 8.25. The molecule has 0 radical (unpaired) electrons. The Morgan fingerprint density at radius 1 is 1.21 bits per heavy atom. The first-order valence-corrected chi connectivity index (χ1v) is 8.25. The summed E-state index contributed by atoms with van der Waals surface area (Å²) in [5.41, 5.74) is -1.09. The normalized spacial score (nSPS) is 49.1. The summed E-state index contributed by atoms with van der Waals surface area (Å²) >= 11 is 0. The fourth-order valence-electron chi connectivity index (χ4n) is 6.04. The summed E-state index contributed by atoms with van der Waals surface area (Å²) in [4.78, 5) is 0. The minimum absolute atomic E-state index is 0.0135. The maximum absolute atomic E-state index is 11.3. The highest BCUT2D eigenvalue weighted by atomic mass is 16.3. The maximum Gasteiger partial charge on any atom is 0.0702 e. The van der Waals surface area contributed by atoms with E-state index in [0.717, 1.165) is 44.9 Å². The Balaban J connectivity index is 1.90. The molecule has 0 amide bonds. The predicted octanol–water partition coefficient (Wildman–Crippen LogP) is 3.50. The standard InChI is InChI=1S/C17H30O2/c1-4-5-12(2)15(3,18)16-7-13-6-14(8-16)10-17(19,9-13)11-16/h12-14,18-19H,4-11H2,1-3H3. The van der Waals surface area contributed by atoms with Crippen LogP contribution in [0, 0.1) is 23.2 Å². The van der Waals surface area contributed by atoms with E-state index in [4.69, 9.17) is 0 Å². The van der Waals surface area contributed by atoms with E-state index >= 15 is 0 Å². The van der Waals surface area contributed by atoms with Crippen LogP contribution in [0.2, 0.25) is 0 Å². The molecule has 4 bridgehead atoms. The Bertz CT molecular complexity index is 346. The zero-order valence-corrected chi connectivity index (χ0v) is 12.8. The van der Waals surface area contributed by atoms with E-state index in [2.05, 4.69) is 20.8 Å². The second kappa shape index (κ2) is 4.21. The zero-order chi connectivity index (χ0) is 13.9. The second-order valence-corrected chi connectivity index (χ2v) is 8.30. The van der Waals surface area contributed by atoms with Crippen LogP contribution in [0.3, 0.4) is 0 Å². The Hall–Kier alpha value is -0.0800. The van der Waals surface area contributed by atoms with Crippen molar-refractivity contribution in [3.05, 3.63) is 0 Å². The molecule has 0 aromatic rings. The molecule has 110 valence electrons. The summed E-state index contributed by atoms with van der Waals surface area (Å²) in [6.07, 6.45) is 8.62. The SMILES string of the molecule is CCCC(C)C(C)(O)C12CC3CC(CC(O)(C3)C1)C2. The third kappa shape index (κ3) is 1.98. The molecule has 4 aliphatic carbocycles. The smallest absolute Gasteiger partial charge is 0.0702 e. The molecule has 0 heterocycles. The van der Waals surface area contributed by atoms with Gasteiger partial charge in [-0.15, -0.1) is 0 Å². The topological polar surface area (TPSA) is 40.5 Å². The van der Waals surface area contributed by atoms with Gasteiger partial charge in [-0.2, -0.15) is 0 Å². The lowest BCUT2D eigenvalue weighted by Crippen LogP contribution is -2.64. The van der Waals surface area contributed by atoms with E-state index < -0.39 is 11.2 Å².